The highest BCUT2D eigenvalue weighted by atomic mass is 35.5. The summed E-state index contributed by atoms with van der Waals surface area (Å²) < 4.78 is 18.5. The van der Waals surface area contributed by atoms with Gasteiger partial charge >= 0.3 is 5.97 Å². The van der Waals surface area contributed by atoms with Gasteiger partial charge in [-0.2, -0.15) is 5.10 Å². The first-order chi connectivity index (χ1) is 10.5. The van der Waals surface area contributed by atoms with Gasteiger partial charge in [0.05, 0.1) is 23.5 Å². The van der Waals surface area contributed by atoms with Crippen molar-refractivity contribution in [1.82, 2.24) is 4.98 Å². The molecule has 0 aliphatic rings. The van der Waals surface area contributed by atoms with E-state index in [1.807, 2.05) is 0 Å². The summed E-state index contributed by atoms with van der Waals surface area (Å²) in [5.41, 5.74) is 3.37. The second kappa shape index (κ2) is 7.33. The number of ether oxygens (including phenoxy) is 1. The smallest absolute Gasteiger partial charge is 0.350 e. The summed E-state index contributed by atoms with van der Waals surface area (Å²) in [5.74, 6) is -0.896. The van der Waals surface area contributed by atoms with Crippen molar-refractivity contribution in [2.75, 3.05) is 12.0 Å². The molecule has 2 aromatic rings. The first-order valence-corrected chi connectivity index (χ1v) is 7.60. The second-order valence-electron chi connectivity index (χ2n) is 4.16. The number of carbonyl (C=O) groups is 1. The highest BCUT2D eigenvalue weighted by molar-refractivity contribution is 7.17. The first-order valence-electron chi connectivity index (χ1n) is 6.40. The molecule has 1 aromatic carbocycles. The summed E-state index contributed by atoms with van der Waals surface area (Å²) in [4.78, 5) is 16.2. The fraction of sp³-hybridized carbons (Fsp3) is 0.214. The number of esters is 1. The van der Waals surface area contributed by atoms with Gasteiger partial charge < -0.3 is 4.74 Å². The Morgan fingerprint density at radius 1 is 1.59 bits per heavy atom. The highest BCUT2D eigenvalue weighted by Crippen LogP contribution is 2.23. The second-order valence-corrected chi connectivity index (χ2v) is 5.57. The molecular formula is C14H13ClFN3O2S. The van der Waals surface area contributed by atoms with E-state index in [1.54, 1.807) is 19.9 Å². The third kappa shape index (κ3) is 3.80. The molecule has 0 aliphatic carbocycles. The molecule has 0 unspecified atom stereocenters. The number of carbonyl (C=O) groups excluding carboxylic acids is 1. The summed E-state index contributed by atoms with van der Waals surface area (Å²) in [6.07, 6.45) is 1.26. The van der Waals surface area contributed by atoms with Gasteiger partial charge in [-0.25, -0.2) is 14.2 Å². The van der Waals surface area contributed by atoms with Crippen LogP contribution in [0.3, 0.4) is 0 Å². The quantitative estimate of drug-likeness (QED) is 0.509. The Balaban J connectivity index is 2.11. The molecule has 0 saturated carbocycles. The zero-order valence-electron chi connectivity index (χ0n) is 11.9. The van der Waals surface area contributed by atoms with Crippen molar-refractivity contribution in [3.63, 3.8) is 0 Å². The maximum Gasteiger partial charge on any atom is 0.350 e. The van der Waals surface area contributed by atoms with Crippen molar-refractivity contribution in [3.05, 3.63) is 45.2 Å². The van der Waals surface area contributed by atoms with Gasteiger partial charge in [0.25, 0.3) is 0 Å². The van der Waals surface area contributed by atoms with Crippen LogP contribution in [0, 0.1) is 12.7 Å². The lowest BCUT2D eigenvalue weighted by Crippen LogP contribution is -2.03. The van der Waals surface area contributed by atoms with Crippen molar-refractivity contribution in [1.29, 1.82) is 0 Å². The van der Waals surface area contributed by atoms with Crippen molar-refractivity contribution in [3.8, 4) is 0 Å². The number of nitrogens with one attached hydrogen (secondary N) is 1. The van der Waals surface area contributed by atoms with Crippen LogP contribution in [0.15, 0.2) is 23.3 Å². The first kappa shape index (κ1) is 16.4. The van der Waals surface area contributed by atoms with E-state index in [1.165, 1.54) is 18.3 Å². The number of thiazole rings is 1. The van der Waals surface area contributed by atoms with E-state index in [2.05, 4.69) is 15.5 Å². The number of nitrogens with zero attached hydrogens (tertiary/aromatic N) is 2. The summed E-state index contributed by atoms with van der Waals surface area (Å²) in [5, 5.41) is 4.55. The summed E-state index contributed by atoms with van der Waals surface area (Å²) >= 11 is 7.00. The van der Waals surface area contributed by atoms with E-state index in [4.69, 9.17) is 16.3 Å². The van der Waals surface area contributed by atoms with Gasteiger partial charge in [-0.15, -0.1) is 0 Å². The van der Waals surface area contributed by atoms with Gasteiger partial charge in [0.15, 0.2) is 0 Å². The maximum absolute atomic E-state index is 13.6. The monoisotopic (exact) mass is 341 g/mol. The lowest BCUT2D eigenvalue weighted by atomic mass is 10.2. The number of aryl methyl sites for hydroxylation is 1. The van der Waals surface area contributed by atoms with E-state index in [0.717, 1.165) is 11.3 Å². The van der Waals surface area contributed by atoms with Crippen molar-refractivity contribution in [2.45, 2.75) is 13.8 Å². The number of hydrogen-bond acceptors (Lipinski definition) is 6. The Morgan fingerprint density at radius 2 is 2.36 bits per heavy atom. The average Bonchev–Trinajstić information content (AvgIpc) is 2.83. The lowest BCUT2D eigenvalue weighted by molar-refractivity contribution is 0.0531. The normalized spacial score (nSPS) is 10.9. The maximum atomic E-state index is 13.6. The molecule has 116 valence electrons. The van der Waals surface area contributed by atoms with E-state index in [9.17, 15) is 9.18 Å². The molecule has 1 heterocycles. The molecule has 0 saturated heterocycles. The molecule has 1 aromatic heterocycles. The molecule has 0 bridgehead atoms. The van der Waals surface area contributed by atoms with E-state index in [-0.39, 0.29) is 10.6 Å². The van der Waals surface area contributed by atoms with Gasteiger partial charge in [-0.1, -0.05) is 29.0 Å². The number of hydrogen-bond donors (Lipinski definition) is 1. The van der Waals surface area contributed by atoms with Crippen LogP contribution in [-0.2, 0) is 4.74 Å². The molecule has 0 aliphatic heterocycles. The van der Waals surface area contributed by atoms with Gasteiger partial charge in [0.1, 0.15) is 10.7 Å². The van der Waals surface area contributed by atoms with Crippen molar-refractivity contribution in [2.24, 2.45) is 5.10 Å². The van der Waals surface area contributed by atoms with Gasteiger partial charge in [0.2, 0.25) is 5.13 Å². The predicted octanol–water partition coefficient (Wildman–Crippen LogP) is 3.87. The minimum absolute atomic E-state index is 0.176. The van der Waals surface area contributed by atoms with Crippen LogP contribution in [0.2, 0.25) is 5.02 Å². The number of anilines is 1. The molecule has 5 nitrogen and oxygen atoms in total. The van der Waals surface area contributed by atoms with E-state index >= 15 is 0 Å². The Morgan fingerprint density at radius 3 is 3.05 bits per heavy atom. The summed E-state index contributed by atoms with van der Waals surface area (Å²) in [6, 6.07) is 4.37. The summed E-state index contributed by atoms with van der Waals surface area (Å²) in [7, 11) is 0. The van der Waals surface area contributed by atoms with E-state index < -0.39 is 11.8 Å². The van der Waals surface area contributed by atoms with Crippen LogP contribution in [0.25, 0.3) is 0 Å². The minimum atomic E-state index is -0.472. The fourth-order valence-corrected chi connectivity index (χ4v) is 2.64. The van der Waals surface area contributed by atoms with Gasteiger partial charge in [-0.05, 0) is 26.0 Å². The minimum Gasteiger partial charge on any atom is -0.462 e. The Labute approximate surface area is 135 Å². The molecule has 0 amide bonds. The van der Waals surface area contributed by atoms with Crippen LogP contribution in [-0.4, -0.2) is 23.8 Å². The molecule has 0 spiro atoms. The van der Waals surface area contributed by atoms with Gasteiger partial charge in [-0.3, -0.25) is 5.43 Å². The van der Waals surface area contributed by atoms with Crippen LogP contribution >= 0.6 is 22.9 Å². The Bertz CT molecular complexity index is 698. The van der Waals surface area contributed by atoms with Crippen molar-refractivity contribution >= 4 is 40.3 Å². The number of halogens is 2. The van der Waals surface area contributed by atoms with Crippen LogP contribution in [0.1, 0.15) is 27.9 Å². The fourth-order valence-electron chi connectivity index (χ4n) is 1.62. The number of hydrazone groups is 1. The zero-order valence-corrected chi connectivity index (χ0v) is 13.5. The molecule has 1 N–H and O–H groups in total. The van der Waals surface area contributed by atoms with Crippen LogP contribution in [0.4, 0.5) is 9.52 Å². The van der Waals surface area contributed by atoms with Crippen LogP contribution < -0.4 is 5.43 Å². The molecule has 2 rings (SSSR count). The molecule has 22 heavy (non-hydrogen) atoms. The third-order valence-corrected chi connectivity index (χ3v) is 3.98. The highest BCUT2D eigenvalue weighted by Gasteiger charge is 2.16. The molecule has 0 radical (unpaired) electrons. The molecule has 0 atom stereocenters. The van der Waals surface area contributed by atoms with Crippen LogP contribution in [0.5, 0.6) is 0 Å². The lowest BCUT2D eigenvalue weighted by Gasteiger charge is -1.99. The topological polar surface area (TPSA) is 63.6 Å². The zero-order chi connectivity index (χ0) is 16.1. The standard InChI is InChI=1S/C14H13ClFN3O2S/c1-3-21-13(20)12-8(2)18-14(22-12)19-17-7-9-10(15)5-4-6-11(9)16/h4-7H,3H2,1-2H3,(H,18,19)/b17-7+. The summed E-state index contributed by atoms with van der Waals surface area (Å²) in [6.45, 7) is 3.73. The largest absolute Gasteiger partial charge is 0.462 e. The SMILES string of the molecule is CCOC(=O)c1sc(N/N=C/c2c(F)cccc2Cl)nc1C. The Hall–Kier alpha value is -1.99. The number of rotatable bonds is 5. The molecule has 8 heteroatoms. The number of aromatic nitrogens is 1. The van der Waals surface area contributed by atoms with Gasteiger partial charge in [0, 0.05) is 5.56 Å². The number of benzene rings is 1. The van der Waals surface area contributed by atoms with E-state index in [0.29, 0.717) is 22.3 Å². The average molecular weight is 342 g/mol. The molecular weight excluding hydrogens is 329 g/mol. The molecule has 0 fully saturated rings. The predicted molar refractivity (Wildman–Crippen MR) is 85.4 cm³/mol. The van der Waals surface area contributed by atoms with Crippen molar-refractivity contribution < 1.29 is 13.9 Å². The Kier molecular flexibility index (Phi) is 5.46. The third-order valence-electron chi connectivity index (χ3n) is 2.61.